The number of nitrogens with one attached hydrogen (secondary N) is 1. The smallest absolute Gasteiger partial charge is 0.378 e. The van der Waals surface area contributed by atoms with Crippen LogP contribution < -0.4 is 15.1 Å². The van der Waals surface area contributed by atoms with Crippen molar-refractivity contribution >= 4 is 35.2 Å². The number of carbonyl (C=O) groups excluding carboxylic acids is 2. The van der Waals surface area contributed by atoms with E-state index < -0.39 is 35.3 Å². The molecular formula is C28H31F4N7O3. The van der Waals surface area contributed by atoms with Crippen molar-refractivity contribution in [3.63, 3.8) is 0 Å². The summed E-state index contributed by atoms with van der Waals surface area (Å²) in [6.45, 7) is 7.18. The number of aliphatic imine (C=N–C) groups is 1. The summed E-state index contributed by atoms with van der Waals surface area (Å²) in [5.74, 6) is -4.13. The summed E-state index contributed by atoms with van der Waals surface area (Å²) in [5, 5.41) is 2.57. The van der Waals surface area contributed by atoms with Gasteiger partial charge in [-0.2, -0.15) is 13.2 Å². The van der Waals surface area contributed by atoms with E-state index in [0.717, 1.165) is 0 Å². The zero-order valence-corrected chi connectivity index (χ0v) is 23.4. The van der Waals surface area contributed by atoms with Crippen LogP contribution >= 0.6 is 0 Å². The van der Waals surface area contributed by atoms with Crippen LogP contribution in [0.2, 0.25) is 0 Å². The zero-order chi connectivity index (χ0) is 30.2. The van der Waals surface area contributed by atoms with E-state index in [0.29, 0.717) is 63.2 Å². The molecule has 1 unspecified atom stereocenters. The number of dihydropyridines is 1. The van der Waals surface area contributed by atoms with E-state index in [4.69, 9.17) is 4.74 Å². The van der Waals surface area contributed by atoms with Crippen LogP contribution in [0, 0.1) is 11.7 Å². The minimum Gasteiger partial charge on any atom is -0.378 e. The highest BCUT2D eigenvalue weighted by Crippen LogP contribution is 2.38. The molecular weight excluding hydrogens is 558 g/mol. The number of likely N-dealkylation sites (N-methyl/N-ethyl adjacent to an activating group) is 1. The van der Waals surface area contributed by atoms with Crippen molar-refractivity contribution in [1.29, 1.82) is 0 Å². The van der Waals surface area contributed by atoms with E-state index in [9.17, 15) is 22.8 Å². The molecule has 0 saturated carbocycles. The van der Waals surface area contributed by atoms with Gasteiger partial charge in [0.15, 0.2) is 0 Å². The number of halogens is 4. The number of rotatable bonds is 5. The molecule has 2 saturated heterocycles. The molecule has 1 aromatic carbocycles. The normalized spacial score (nSPS) is 23.6. The lowest BCUT2D eigenvalue weighted by Crippen LogP contribution is -2.55. The Bertz CT molecular complexity index is 1410. The number of anilines is 3. The monoisotopic (exact) mass is 589 g/mol. The van der Waals surface area contributed by atoms with Crippen LogP contribution in [0.4, 0.5) is 34.8 Å². The molecule has 1 aromatic heterocycles. The maximum Gasteiger partial charge on any atom is 0.414 e. The Morgan fingerprint density at radius 2 is 1.76 bits per heavy atom. The number of morpholine rings is 1. The van der Waals surface area contributed by atoms with Crippen molar-refractivity contribution in [2.45, 2.75) is 32.1 Å². The van der Waals surface area contributed by atoms with Crippen molar-refractivity contribution in [2.24, 2.45) is 10.9 Å². The van der Waals surface area contributed by atoms with Gasteiger partial charge in [-0.25, -0.2) is 14.4 Å². The fraction of sp³-hybridized carbons (Fsp3) is 0.464. The van der Waals surface area contributed by atoms with Crippen LogP contribution in [0.3, 0.4) is 0 Å². The summed E-state index contributed by atoms with van der Waals surface area (Å²) in [7, 11) is 1.98. The van der Waals surface area contributed by atoms with Crippen LogP contribution in [0.5, 0.6) is 0 Å². The van der Waals surface area contributed by atoms with E-state index in [1.54, 1.807) is 6.20 Å². The van der Waals surface area contributed by atoms with Crippen LogP contribution in [-0.2, 0) is 14.3 Å². The van der Waals surface area contributed by atoms with Crippen molar-refractivity contribution in [3.05, 3.63) is 42.0 Å². The predicted octanol–water partition coefficient (Wildman–Crippen LogP) is 3.30. The molecule has 2 aromatic rings. The first kappa shape index (κ1) is 29.6. The Balaban J connectivity index is 1.54. The first-order valence-electron chi connectivity index (χ1n) is 13.6. The summed E-state index contributed by atoms with van der Waals surface area (Å²) >= 11 is 0. The molecule has 3 atom stereocenters. The maximum atomic E-state index is 15.8. The molecule has 2 fully saturated rings. The van der Waals surface area contributed by atoms with Crippen molar-refractivity contribution in [3.8, 4) is 11.3 Å². The van der Waals surface area contributed by atoms with E-state index in [2.05, 4.69) is 25.2 Å². The number of benzene rings is 1. The van der Waals surface area contributed by atoms with Gasteiger partial charge in [0.2, 0.25) is 5.91 Å². The number of piperazine rings is 1. The molecule has 224 valence electrons. The lowest BCUT2D eigenvalue weighted by molar-refractivity contribution is -0.124. The number of nitrogens with zero attached hydrogens (tertiary/aromatic N) is 6. The summed E-state index contributed by atoms with van der Waals surface area (Å²) in [6.07, 6.45) is -0.985. The first-order valence-corrected chi connectivity index (χ1v) is 13.6. The Kier molecular flexibility index (Phi) is 8.28. The van der Waals surface area contributed by atoms with Gasteiger partial charge in [0.05, 0.1) is 48.2 Å². The third-order valence-corrected chi connectivity index (χ3v) is 7.85. The van der Waals surface area contributed by atoms with Crippen molar-refractivity contribution in [1.82, 2.24) is 14.9 Å². The minimum atomic E-state index is -4.93. The zero-order valence-electron chi connectivity index (χ0n) is 23.4. The molecule has 3 aliphatic rings. The molecule has 10 nitrogen and oxygen atoms in total. The third-order valence-electron chi connectivity index (χ3n) is 7.85. The molecule has 14 heteroatoms. The fourth-order valence-electron chi connectivity index (χ4n) is 5.32. The summed E-state index contributed by atoms with van der Waals surface area (Å²) in [6, 6.07) is 2.78. The number of hydrogen-bond acceptors (Lipinski definition) is 8. The molecule has 2 amide bonds. The van der Waals surface area contributed by atoms with Gasteiger partial charge in [0, 0.05) is 62.2 Å². The number of carbonyl (C=O) groups is 2. The molecule has 0 radical (unpaired) electrons. The van der Waals surface area contributed by atoms with Gasteiger partial charge in [-0.1, -0.05) is 0 Å². The van der Waals surface area contributed by atoms with E-state index in [1.807, 2.05) is 30.7 Å². The average Bonchev–Trinajstić information content (AvgIpc) is 2.96. The quantitative estimate of drug-likeness (QED) is 0.531. The number of ether oxygens (including phenoxy) is 1. The Morgan fingerprint density at radius 3 is 2.43 bits per heavy atom. The number of amides is 2. The first-order chi connectivity index (χ1) is 19.9. The molecule has 0 spiro atoms. The van der Waals surface area contributed by atoms with Gasteiger partial charge >= 0.3 is 6.18 Å². The average molecular weight is 590 g/mol. The molecule has 5 rings (SSSR count). The van der Waals surface area contributed by atoms with Gasteiger partial charge < -0.3 is 19.9 Å². The minimum absolute atomic E-state index is 0.0194. The van der Waals surface area contributed by atoms with Gasteiger partial charge in [-0.05, 0) is 27.0 Å². The highest BCUT2D eigenvalue weighted by atomic mass is 19.4. The maximum absolute atomic E-state index is 15.8. The Labute approximate surface area is 240 Å². The molecule has 0 bridgehead atoms. The number of aromatic nitrogens is 2. The summed E-state index contributed by atoms with van der Waals surface area (Å²) in [4.78, 5) is 43.1. The topological polar surface area (TPSA) is 103 Å². The van der Waals surface area contributed by atoms with Crippen LogP contribution in [0.1, 0.15) is 13.8 Å². The standard InChI is InChI=1S/C28H31F4N7O3/c1-16-14-39(15-17(2)37(16)3)24-10-21(29)18(23-12-33-13-25(35-23)38-4-6-42-7-5-38)8-22(24)36-27(41)19-11-34-26(40)9-20(19)28(30,31)32/h8-13,16-17,19H,4-7,14-15H2,1-3H3,(H,36,41)/t16-,17+,19?. The van der Waals surface area contributed by atoms with E-state index in [1.165, 1.54) is 18.3 Å². The second kappa shape index (κ2) is 11.8. The van der Waals surface area contributed by atoms with Crippen molar-refractivity contribution in [2.75, 3.05) is 61.6 Å². The van der Waals surface area contributed by atoms with Gasteiger partial charge in [0.25, 0.3) is 5.91 Å². The third kappa shape index (κ3) is 6.14. The van der Waals surface area contributed by atoms with Gasteiger partial charge in [-0.3, -0.25) is 19.5 Å². The molecule has 4 heterocycles. The summed E-state index contributed by atoms with van der Waals surface area (Å²) in [5.41, 5.74) is -0.694. The molecule has 0 aliphatic carbocycles. The second-order valence-corrected chi connectivity index (χ2v) is 10.7. The fourth-order valence-corrected chi connectivity index (χ4v) is 5.32. The van der Waals surface area contributed by atoms with Crippen LogP contribution in [0.25, 0.3) is 11.3 Å². The highest BCUT2D eigenvalue weighted by molar-refractivity contribution is 6.11. The molecule has 3 aliphatic heterocycles. The van der Waals surface area contributed by atoms with Crippen LogP contribution in [-0.4, -0.2) is 97.6 Å². The second-order valence-electron chi connectivity index (χ2n) is 10.7. The lowest BCUT2D eigenvalue weighted by atomic mass is 9.95. The van der Waals surface area contributed by atoms with E-state index >= 15 is 4.39 Å². The number of alkyl halides is 3. The van der Waals surface area contributed by atoms with Crippen LogP contribution in [0.15, 0.2) is 41.2 Å². The SMILES string of the molecule is C[C@@H]1CN(c2cc(F)c(-c3cncc(N4CCOCC4)n3)cc2NC(=O)C2C=NC(=O)C=C2C(F)(F)F)C[C@H](C)N1C. The van der Waals surface area contributed by atoms with Crippen molar-refractivity contribution < 1.29 is 31.9 Å². The largest absolute Gasteiger partial charge is 0.414 e. The molecule has 42 heavy (non-hydrogen) atoms. The van der Waals surface area contributed by atoms with Gasteiger partial charge in [-0.15, -0.1) is 0 Å². The highest BCUT2D eigenvalue weighted by Gasteiger charge is 2.43. The lowest BCUT2D eigenvalue weighted by Gasteiger charge is -2.44. The van der Waals surface area contributed by atoms with E-state index in [-0.39, 0.29) is 29.0 Å². The Morgan fingerprint density at radius 1 is 1.07 bits per heavy atom. The molecule has 1 N–H and O–H groups in total. The summed E-state index contributed by atoms with van der Waals surface area (Å²) < 4.78 is 62.4. The number of hydrogen-bond donors (Lipinski definition) is 1. The Hall–Kier alpha value is -3.91. The van der Waals surface area contributed by atoms with Gasteiger partial charge in [0.1, 0.15) is 17.6 Å². The predicted molar refractivity (Wildman–Crippen MR) is 149 cm³/mol.